The van der Waals surface area contributed by atoms with Crippen molar-refractivity contribution in [2.75, 3.05) is 26.2 Å². The average molecular weight is 250 g/mol. The fourth-order valence-electron chi connectivity index (χ4n) is 4.13. The summed E-state index contributed by atoms with van der Waals surface area (Å²) in [6.07, 6.45) is 2.61. The summed E-state index contributed by atoms with van der Waals surface area (Å²) in [6.45, 7) is 7.24. The first kappa shape index (κ1) is 12.2. The molecular weight excluding hydrogens is 228 g/mol. The Bertz CT molecular complexity index is 399. The molecule has 2 bridgehead atoms. The summed E-state index contributed by atoms with van der Waals surface area (Å²) in [5, 5.41) is 3.25. The molecule has 1 amide bonds. The Morgan fingerprint density at radius 3 is 2.56 bits per heavy atom. The third-order valence-electron chi connectivity index (χ3n) is 5.37. The number of Topliss-reactive ketones (excluding diaryl/α,β-unsaturated/α-hetero) is 1. The molecule has 100 valence electrons. The molecule has 1 heterocycles. The first-order chi connectivity index (χ1) is 8.48. The van der Waals surface area contributed by atoms with Gasteiger partial charge >= 0.3 is 0 Å². The number of carbonyl (C=O) groups is 2. The van der Waals surface area contributed by atoms with Crippen LogP contribution in [0.3, 0.4) is 0 Å². The number of nitrogens with zero attached hydrogens (tertiary/aromatic N) is 1. The molecule has 2 atom stereocenters. The maximum Gasteiger partial charge on any atom is 0.236 e. The molecule has 0 aromatic rings. The van der Waals surface area contributed by atoms with E-state index in [0.29, 0.717) is 5.92 Å². The number of rotatable bonds is 1. The van der Waals surface area contributed by atoms with Gasteiger partial charge < -0.3 is 10.2 Å². The van der Waals surface area contributed by atoms with Crippen molar-refractivity contribution in [3.8, 4) is 0 Å². The SMILES string of the molecule is CC1(C)C(=O)[C@]2(C(=O)N3CCNCC3)CC[C@@H]1C2. The average Bonchev–Trinajstić information content (AvgIpc) is 2.90. The standard InChI is InChI=1S/C14H22N2O2/c1-13(2)10-3-4-14(9-10,11(13)17)12(18)16-7-5-15-6-8-16/h10,15H,3-9H2,1-2H3/t10-,14+/m1/s1. The van der Waals surface area contributed by atoms with Crippen molar-refractivity contribution in [2.24, 2.45) is 16.7 Å². The van der Waals surface area contributed by atoms with Gasteiger partial charge in [-0.2, -0.15) is 0 Å². The van der Waals surface area contributed by atoms with Gasteiger partial charge in [0.05, 0.1) is 0 Å². The smallest absolute Gasteiger partial charge is 0.236 e. The lowest BCUT2D eigenvalue weighted by atomic mass is 9.70. The van der Waals surface area contributed by atoms with E-state index in [1.807, 2.05) is 18.7 Å². The number of carbonyl (C=O) groups excluding carboxylic acids is 2. The van der Waals surface area contributed by atoms with Crippen LogP contribution in [0.25, 0.3) is 0 Å². The summed E-state index contributed by atoms with van der Waals surface area (Å²) < 4.78 is 0. The van der Waals surface area contributed by atoms with Gasteiger partial charge in [-0.15, -0.1) is 0 Å². The van der Waals surface area contributed by atoms with Crippen LogP contribution in [-0.4, -0.2) is 42.8 Å². The minimum atomic E-state index is -0.661. The Morgan fingerprint density at radius 1 is 1.33 bits per heavy atom. The lowest BCUT2D eigenvalue weighted by molar-refractivity contribution is -0.151. The summed E-state index contributed by atoms with van der Waals surface area (Å²) in [7, 11) is 0. The lowest BCUT2D eigenvalue weighted by Crippen LogP contribution is -2.54. The van der Waals surface area contributed by atoms with E-state index >= 15 is 0 Å². The minimum Gasteiger partial charge on any atom is -0.339 e. The Morgan fingerprint density at radius 2 is 2.00 bits per heavy atom. The molecule has 1 aliphatic heterocycles. The highest BCUT2D eigenvalue weighted by atomic mass is 16.2. The van der Waals surface area contributed by atoms with Crippen molar-refractivity contribution in [1.82, 2.24) is 10.2 Å². The zero-order valence-electron chi connectivity index (χ0n) is 11.3. The second kappa shape index (κ2) is 3.80. The molecule has 0 radical (unpaired) electrons. The molecule has 0 aromatic heterocycles. The third kappa shape index (κ3) is 1.41. The lowest BCUT2D eigenvalue weighted by Gasteiger charge is -2.37. The second-order valence-electron chi connectivity index (χ2n) is 6.61. The predicted octanol–water partition coefficient (Wildman–Crippen LogP) is 0.814. The molecule has 3 rings (SSSR count). The quantitative estimate of drug-likeness (QED) is 0.701. The van der Waals surface area contributed by atoms with Gasteiger partial charge in [0.2, 0.25) is 5.91 Å². The maximum atomic E-state index is 12.8. The van der Waals surface area contributed by atoms with Crippen LogP contribution in [-0.2, 0) is 9.59 Å². The first-order valence-corrected chi connectivity index (χ1v) is 7.03. The Kier molecular flexibility index (Phi) is 2.56. The van der Waals surface area contributed by atoms with E-state index in [9.17, 15) is 9.59 Å². The van der Waals surface area contributed by atoms with E-state index in [-0.39, 0.29) is 17.1 Å². The third-order valence-corrected chi connectivity index (χ3v) is 5.37. The van der Waals surface area contributed by atoms with Gasteiger partial charge in [-0.05, 0) is 25.2 Å². The van der Waals surface area contributed by atoms with Crippen LogP contribution < -0.4 is 5.32 Å². The summed E-state index contributed by atoms with van der Waals surface area (Å²) in [5.41, 5.74) is -0.951. The maximum absolute atomic E-state index is 12.8. The molecular formula is C14H22N2O2. The molecule has 0 aromatic carbocycles. The molecule has 3 aliphatic rings. The van der Waals surface area contributed by atoms with Crippen molar-refractivity contribution in [1.29, 1.82) is 0 Å². The number of hydrogen-bond donors (Lipinski definition) is 1. The molecule has 3 fully saturated rings. The van der Waals surface area contributed by atoms with Gasteiger partial charge in [-0.1, -0.05) is 13.8 Å². The highest BCUT2D eigenvalue weighted by Crippen LogP contribution is 2.60. The molecule has 4 heteroatoms. The molecule has 18 heavy (non-hydrogen) atoms. The van der Waals surface area contributed by atoms with Gasteiger partial charge in [-0.3, -0.25) is 9.59 Å². The minimum absolute atomic E-state index is 0.113. The summed E-state index contributed by atoms with van der Waals surface area (Å²) >= 11 is 0. The number of nitrogens with one attached hydrogen (secondary N) is 1. The van der Waals surface area contributed by atoms with E-state index in [0.717, 1.165) is 45.4 Å². The first-order valence-electron chi connectivity index (χ1n) is 7.03. The van der Waals surface area contributed by atoms with Gasteiger partial charge in [-0.25, -0.2) is 0 Å². The number of piperazine rings is 1. The molecule has 2 saturated carbocycles. The highest BCUT2D eigenvalue weighted by Gasteiger charge is 2.65. The van der Waals surface area contributed by atoms with Crippen LogP contribution in [0, 0.1) is 16.7 Å². The van der Waals surface area contributed by atoms with Crippen LogP contribution in [0.4, 0.5) is 0 Å². The second-order valence-corrected chi connectivity index (χ2v) is 6.61. The van der Waals surface area contributed by atoms with Crippen LogP contribution in [0.2, 0.25) is 0 Å². The van der Waals surface area contributed by atoms with E-state index in [4.69, 9.17) is 0 Å². The van der Waals surface area contributed by atoms with Crippen molar-refractivity contribution >= 4 is 11.7 Å². The van der Waals surface area contributed by atoms with E-state index in [2.05, 4.69) is 5.32 Å². The monoisotopic (exact) mass is 250 g/mol. The van der Waals surface area contributed by atoms with E-state index < -0.39 is 5.41 Å². The van der Waals surface area contributed by atoms with Gasteiger partial charge in [0.15, 0.2) is 5.78 Å². The van der Waals surface area contributed by atoms with Crippen LogP contribution in [0.5, 0.6) is 0 Å². The largest absolute Gasteiger partial charge is 0.339 e. The van der Waals surface area contributed by atoms with Crippen LogP contribution >= 0.6 is 0 Å². The number of fused-ring (bicyclic) bond motifs is 2. The van der Waals surface area contributed by atoms with Crippen molar-refractivity contribution in [3.05, 3.63) is 0 Å². The Balaban J connectivity index is 1.87. The molecule has 0 spiro atoms. The molecule has 2 aliphatic carbocycles. The number of ketones is 1. The molecule has 1 saturated heterocycles. The topological polar surface area (TPSA) is 49.4 Å². The fraction of sp³-hybridized carbons (Fsp3) is 0.857. The van der Waals surface area contributed by atoms with Crippen molar-refractivity contribution in [2.45, 2.75) is 33.1 Å². The number of amides is 1. The molecule has 1 N–H and O–H groups in total. The number of hydrogen-bond acceptors (Lipinski definition) is 3. The van der Waals surface area contributed by atoms with E-state index in [1.54, 1.807) is 0 Å². The summed E-state index contributed by atoms with van der Waals surface area (Å²) in [5.74, 6) is 0.730. The van der Waals surface area contributed by atoms with Crippen molar-refractivity contribution in [3.63, 3.8) is 0 Å². The zero-order chi connectivity index (χ0) is 13.0. The zero-order valence-corrected chi connectivity index (χ0v) is 11.3. The van der Waals surface area contributed by atoms with Gasteiger partial charge in [0.1, 0.15) is 5.41 Å². The van der Waals surface area contributed by atoms with Crippen LogP contribution in [0.15, 0.2) is 0 Å². The normalized spacial score (nSPS) is 38.2. The van der Waals surface area contributed by atoms with Gasteiger partial charge in [0.25, 0.3) is 0 Å². The van der Waals surface area contributed by atoms with Crippen molar-refractivity contribution < 1.29 is 9.59 Å². The summed E-state index contributed by atoms with van der Waals surface area (Å²) in [6, 6.07) is 0. The van der Waals surface area contributed by atoms with E-state index in [1.165, 1.54) is 0 Å². The Hall–Kier alpha value is -0.900. The molecule has 4 nitrogen and oxygen atoms in total. The van der Waals surface area contributed by atoms with Gasteiger partial charge in [0, 0.05) is 31.6 Å². The Labute approximate surface area is 108 Å². The highest BCUT2D eigenvalue weighted by molar-refractivity contribution is 6.10. The fourth-order valence-corrected chi connectivity index (χ4v) is 4.13. The molecule has 0 unspecified atom stereocenters. The van der Waals surface area contributed by atoms with Crippen LogP contribution in [0.1, 0.15) is 33.1 Å². The summed E-state index contributed by atoms with van der Waals surface area (Å²) in [4.78, 5) is 27.3. The predicted molar refractivity (Wildman–Crippen MR) is 68.0 cm³/mol.